The number of hydrogen-bond acceptors (Lipinski definition) is 3. The molecular formula is C14H23NO3S. The largest absolute Gasteiger partial charge is 0.389 e. The molecular weight excluding hydrogens is 262 g/mol. The molecule has 0 spiro atoms. The SMILES string of the molecule is CCCCC(C)NS(=O)(=O)c1cccc(C(C)O)c1. The fraction of sp³-hybridized carbons (Fsp3) is 0.571. The van der Waals surface area contributed by atoms with Gasteiger partial charge in [-0.25, -0.2) is 13.1 Å². The molecule has 108 valence electrons. The predicted molar refractivity (Wildman–Crippen MR) is 76.4 cm³/mol. The van der Waals surface area contributed by atoms with Crippen molar-refractivity contribution in [2.24, 2.45) is 0 Å². The van der Waals surface area contributed by atoms with Crippen LogP contribution in [0.4, 0.5) is 0 Å². The zero-order chi connectivity index (χ0) is 14.5. The highest BCUT2D eigenvalue weighted by atomic mass is 32.2. The molecule has 2 N–H and O–H groups in total. The van der Waals surface area contributed by atoms with Gasteiger partial charge in [0.05, 0.1) is 11.0 Å². The zero-order valence-corrected chi connectivity index (χ0v) is 12.6. The van der Waals surface area contributed by atoms with Gasteiger partial charge in [-0.1, -0.05) is 31.9 Å². The highest BCUT2D eigenvalue weighted by Crippen LogP contribution is 2.17. The lowest BCUT2D eigenvalue weighted by atomic mass is 10.1. The lowest BCUT2D eigenvalue weighted by molar-refractivity contribution is 0.199. The molecule has 19 heavy (non-hydrogen) atoms. The predicted octanol–water partition coefficient (Wildman–Crippen LogP) is 2.60. The summed E-state index contributed by atoms with van der Waals surface area (Å²) in [5.74, 6) is 0. The van der Waals surface area contributed by atoms with E-state index in [4.69, 9.17) is 0 Å². The number of rotatable bonds is 7. The van der Waals surface area contributed by atoms with Gasteiger partial charge >= 0.3 is 0 Å². The summed E-state index contributed by atoms with van der Waals surface area (Å²) >= 11 is 0. The van der Waals surface area contributed by atoms with E-state index < -0.39 is 16.1 Å². The number of nitrogens with one attached hydrogen (secondary N) is 1. The molecule has 5 heteroatoms. The Morgan fingerprint density at radius 1 is 1.32 bits per heavy atom. The maximum absolute atomic E-state index is 12.2. The van der Waals surface area contributed by atoms with E-state index in [9.17, 15) is 13.5 Å². The normalized spacial score (nSPS) is 15.2. The molecule has 0 aliphatic rings. The minimum atomic E-state index is -3.51. The molecule has 4 nitrogen and oxygen atoms in total. The molecule has 0 radical (unpaired) electrons. The van der Waals surface area contributed by atoms with Crippen LogP contribution < -0.4 is 4.72 Å². The van der Waals surface area contributed by atoms with E-state index in [0.717, 1.165) is 19.3 Å². The quantitative estimate of drug-likeness (QED) is 0.809. The Hall–Kier alpha value is -0.910. The van der Waals surface area contributed by atoms with E-state index in [1.165, 1.54) is 6.07 Å². The first-order chi connectivity index (χ1) is 8.86. The summed E-state index contributed by atoms with van der Waals surface area (Å²) in [6.45, 7) is 5.56. The molecule has 0 heterocycles. The second-order valence-electron chi connectivity index (χ2n) is 4.91. The van der Waals surface area contributed by atoms with Crippen LogP contribution in [0.2, 0.25) is 0 Å². The summed E-state index contributed by atoms with van der Waals surface area (Å²) < 4.78 is 27.0. The molecule has 1 aromatic rings. The summed E-state index contributed by atoms with van der Waals surface area (Å²) in [5.41, 5.74) is 0.601. The fourth-order valence-corrected chi connectivity index (χ4v) is 3.18. The lowest BCUT2D eigenvalue weighted by Crippen LogP contribution is -2.32. The van der Waals surface area contributed by atoms with E-state index in [0.29, 0.717) is 5.56 Å². The van der Waals surface area contributed by atoms with Crippen LogP contribution in [0.25, 0.3) is 0 Å². The number of aliphatic hydroxyl groups excluding tert-OH is 1. The molecule has 0 saturated heterocycles. The second-order valence-corrected chi connectivity index (χ2v) is 6.63. The molecule has 0 saturated carbocycles. The highest BCUT2D eigenvalue weighted by molar-refractivity contribution is 7.89. The number of unbranched alkanes of at least 4 members (excludes halogenated alkanes) is 1. The van der Waals surface area contributed by atoms with Crippen molar-refractivity contribution in [3.05, 3.63) is 29.8 Å². The average molecular weight is 285 g/mol. The van der Waals surface area contributed by atoms with Crippen molar-refractivity contribution >= 4 is 10.0 Å². The first-order valence-corrected chi connectivity index (χ1v) is 8.15. The third-order valence-corrected chi connectivity index (χ3v) is 4.59. The summed E-state index contributed by atoms with van der Waals surface area (Å²) in [4.78, 5) is 0.203. The van der Waals surface area contributed by atoms with Gasteiger partial charge in [-0.05, 0) is 38.0 Å². The summed E-state index contributed by atoms with van der Waals surface area (Å²) in [6, 6.07) is 6.33. The molecule has 0 aliphatic heterocycles. The highest BCUT2D eigenvalue weighted by Gasteiger charge is 2.17. The standard InChI is InChI=1S/C14H23NO3S/c1-4-5-7-11(2)15-19(17,18)14-9-6-8-13(10-14)12(3)16/h6,8-12,15-16H,4-5,7H2,1-3H3. The van der Waals surface area contributed by atoms with Crippen LogP contribution in [-0.2, 0) is 10.0 Å². The first kappa shape index (κ1) is 16.1. The Labute approximate surface area is 115 Å². The van der Waals surface area contributed by atoms with Crippen LogP contribution in [0.3, 0.4) is 0 Å². The van der Waals surface area contributed by atoms with Gasteiger partial charge in [-0.2, -0.15) is 0 Å². The monoisotopic (exact) mass is 285 g/mol. The summed E-state index contributed by atoms with van der Waals surface area (Å²) in [6.07, 6.45) is 2.19. The van der Waals surface area contributed by atoms with Crippen LogP contribution in [0.15, 0.2) is 29.2 Å². The number of sulfonamides is 1. The maximum Gasteiger partial charge on any atom is 0.240 e. The lowest BCUT2D eigenvalue weighted by Gasteiger charge is -2.14. The summed E-state index contributed by atoms with van der Waals surface area (Å²) in [5, 5.41) is 9.50. The molecule has 0 aromatic heterocycles. The van der Waals surface area contributed by atoms with Gasteiger partial charge in [0.1, 0.15) is 0 Å². The zero-order valence-electron chi connectivity index (χ0n) is 11.8. The smallest absolute Gasteiger partial charge is 0.240 e. The first-order valence-electron chi connectivity index (χ1n) is 6.67. The minimum absolute atomic E-state index is 0.0832. The van der Waals surface area contributed by atoms with Gasteiger partial charge in [-0.15, -0.1) is 0 Å². The summed E-state index contributed by atoms with van der Waals surface area (Å²) in [7, 11) is -3.51. The molecule has 2 unspecified atom stereocenters. The van der Waals surface area contributed by atoms with Gasteiger partial charge in [0.25, 0.3) is 0 Å². The molecule has 2 atom stereocenters. The van der Waals surface area contributed by atoms with Crippen molar-refractivity contribution in [3.63, 3.8) is 0 Å². The van der Waals surface area contributed by atoms with Gasteiger partial charge in [0.2, 0.25) is 10.0 Å². The maximum atomic E-state index is 12.2. The van der Waals surface area contributed by atoms with Crippen molar-refractivity contribution in [2.45, 2.75) is 57.1 Å². The van der Waals surface area contributed by atoms with Gasteiger partial charge in [-0.3, -0.25) is 0 Å². The molecule has 1 rings (SSSR count). The van der Waals surface area contributed by atoms with E-state index in [1.807, 2.05) is 6.92 Å². The third kappa shape index (κ3) is 4.93. The Balaban J connectivity index is 2.85. The number of hydrogen-bond donors (Lipinski definition) is 2. The molecule has 0 amide bonds. The Morgan fingerprint density at radius 3 is 2.58 bits per heavy atom. The second kappa shape index (κ2) is 7.03. The van der Waals surface area contributed by atoms with Gasteiger partial charge in [0, 0.05) is 6.04 Å². The van der Waals surface area contributed by atoms with E-state index in [1.54, 1.807) is 25.1 Å². The Morgan fingerprint density at radius 2 is 2.00 bits per heavy atom. The van der Waals surface area contributed by atoms with Crippen LogP contribution in [0.5, 0.6) is 0 Å². The van der Waals surface area contributed by atoms with E-state index >= 15 is 0 Å². The fourth-order valence-electron chi connectivity index (χ4n) is 1.84. The molecule has 0 fully saturated rings. The van der Waals surface area contributed by atoms with Crippen LogP contribution in [0.1, 0.15) is 51.7 Å². The average Bonchev–Trinajstić information content (AvgIpc) is 2.36. The Kier molecular flexibility index (Phi) is 5.97. The van der Waals surface area contributed by atoms with Crippen molar-refractivity contribution in [1.29, 1.82) is 0 Å². The Bertz CT molecular complexity index is 497. The van der Waals surface area contributed by atoms with Gasteiger partial charge < -0.3 is 5.11 Å². The van der Waals surface area contributed by atoms with Crippen molar-refractivity contribution < 1.29 is 13.5 Å². The van der Waals surface area contributed by atoms with E-state index in [2.05, 4.69) is 11.6 Å². The van der Waals surface area contributed by atoms with Crippen LogP contribution in [-0.4, -0.2) is 19.6 Å². The topological polar surface area (TPSA) is 66.4 Å². The third-order valence-electron chi connectivity index (χ3n) is 3.00. The number of benzene rings is 1. The van der Waals surface area contributed by atoms with Crippen LogP contribution >= 0.6 is 0 Å². The number of aliphatic hydroxyl groups is 1. The van der Waals surface area contributed by atoms with E-state index in [-0.39, 0.29) is 10.9 Å². The molecule has 0 aliphatic carbocycles. The minimum Gasteiger partial charge on any atom is -0.389 e. The molecule has 1 aromatic carbocycles. The molecule has 0 bridgehead atoms. The van der Waals surface area contributed by atoms with Crippen molar-refractivity contribution in [2.75, 3.05) is 0 Å². The van der Waals surface area contributed by atoms with Gasteiger partial charge in [0.15, 0.2) is 0 Å². The van der Waals surface area contributed by atoms with Crippen molar-refractivity contribution in [1.82, 2.24) is 4.72 Å². The van der Waals surface area contributed by atoms with Crippen LogP contribution in [0, 0.1) is 0 Å². The van der Waals surface area contributed by atoms with Crippen molar-refractivity contribution in [3.8, 4) is 0 Å².